The third kappa shape index (κ3) is 2.40. The van der Waals surface area contributed by atoms with Crippen LogP contribution in [-0.2, 0) is 6.54 Å². The summed E-state index contributed by atoms with van der Waals surface area (Å²) < 4.78 is 0. The number of H-pyrrole nitrogens is 1. The van der Waals surface area contributed by atoms with Gasteiger partial charge in [-0.1, -0.05) is 6.07 Å². The number of hydrogen-bond acceptors (Lipinski definition) is 4. The van der Waals surface area contributed by atoms with E-state index in [-0.39, 0.29) is 23.7 Å². The number of benzene rings is 1. The fraction of sp³-hybridized carbons (Fsp3) is 0.214. The zero-order valence-electron chi connectivity index (χ0n) is 11.1. The summed E-state index contributed by atoms with van der Waals surface area (Å²) in [7, 11) is 4.01. The van der Waals surface area contributed by atoms with E-state index in [1.807, 2.05) is 20.2 Å². The highest BCUT2D eigenvalue weighted by atomic mass is 35.5. The summed E-state index contributed by atoms with van der Waals surface area (Å²) in [5.41, 5.74) is -0.156. The van der Waals surface area contributed by atoms with Crippen LogP contribution in [0.1, 0.15) is 4.88 Å². The topological polar surface area (TPSA) is 56.3 Å². The molecule has 0 aliphatic rings. The first-order valence-corrected chi connectivity index (χ1v) is 6.79. The van der Waals surface area contributed by atoms with E-state index in [9.17, 15) is 9.90 Å². The van der Waals surface area contributed by atoms with Gasteiger partial charge in [-0.15, -0.1) is 23.7 Å². The largest absolute Gasteiger partial charge is 0.507 e. The fourth-order valence-corrected chi connectivity index (χ4v) is 3.47. The molecule has 0 amide bonds. The summed E-state index contributed by atoms with van der Waals surface area (Å²) in [6.45, 7) is 0.816. The molecule has 0 saturated heterocycles. The van der Waals surface area contributed by atoms with Crippen molar-refractivity contribution in [3.05, 3.63) is 39.5 Å². The first kappa shape index (κ1) is 14.8. The van der Waals surface area contributed by atoms with Crippen LogP contribution >= 0.6 is 23.7 Å². The molecule has 0 radical (unpaired) electrons. The Balaban J connectivity index is 0.00000147. The number of hydrogen-bond donors (Lipinski definition) is 2. The molecule has 3 aromatic rings. The van der Waals surface area contributed by atoms with Gasteiger partial charge in [0, 0.05) is 22.2 Å². The van der Waals surface area contributed by atoms with Crippen LogP contribution in [0, 0.1) is 0 Å². The van der Waals surface area contributed by atoms with E-state index in [1.54, 1.807) is 29.5 Å². The molecule has 0 bridgehead atoms. The van der Waals surface area contributed by atoms with Crippen LogP contribution in [0.15, 0.2) is 29.1 Å². The number of rotatable bonds is 2. The highest BCUT2D eigenvalue weighted by Crippen LogP contribution is 2.33. The van der Waals surface area contributed by atoms with Gasteiger partial charge in [0.25, 0.3) is 5.56 Å². The van der Waals surface area contributed by atoms with Gasteiger partial charge in [-0.2, -0.15) is 0 Å². The van der Waals surface area contributed by atoms with Gasteiger partial charge in [0.2, 0.25) is 0 Å². The van der Waals surface area contributed by atoms with Crippen molar-refractivity contribution in [3.63, 3.8) is 0 Å². The molecule has 106 valence electrons. The minimum Gasteiger partial charge on any atom is -0.507 e. The molecule has 0 spiro atoms. The molecule has 0 unspecified atom stereocenters. The lowest BCUT2D eigenvalue weighted by Crippen LogP contribution is -2.09. The number of aromatic nitrogens is 1. The molecule has 2 aromatic heterocycles. The van der Waals surface area contributed by atoms with Crippen molar-refractivity contribution < 1.29 is 5.11 Å². The van der Waals surface area contributed by atoms with Crippen molar-refractivity contribution >= 4 is 44.7 Å². The Morgan fingerprint density at radius 3 is 2.75 bits per heavy atom. The number of aromatic hydroxyl groups is 1. The average Bonchev–Trinajstić information content (AvgIpc) is 2.70. The van der Waals surface area contributed by atoms with Crippen LogP contribution in [0.25, 0.3) is 21.0 Å². The minimum atomic E-state index is -0.156. The molecule has 6 heteroatoms. The Hall–Kier alpha value is -1.56. The standard InChI is InChI=1S/C14H14N2O2S.ClH/c1-16(2)7-8-6-10-12-9(4-3-5-11(12)17)13(18)15-14(10)19-8;/h3-6,17H,7H2,1-2H3,(H,15,18);1H. The summed E-state index contributed by atoms with van der Waals surface area (Å²) in [5, 5.41) is 12.1. The molecule has 0 aliphatic heterocycles. The van der Waals surface area contributed by atoms with E-state index in [2.05, 4.69) is 9.88 Å². The number of fused-ring (bicyclic) bond motifs is 3. The zero-order valence-corrected chi connectivity index (χ0v) is 12.8. The fourth-order valence-electron chi connectivity index (χ4n) is 2.29. The molecule has 0 fully saturated rings. The lowest BCUT2D eigenvalue weighted by atomic mass is 10.1. The van der Waals surface area contributed by atoms with Crippen LogP contribution < -0.4 is 5.56 Å². The molecule has 4 nitrogen and oxygen atoms in total. The number of pyridine rings is 1. The first-order valence-electron chi connectivity index (χ1n) is 5.97. The van der Waals surface area contributed by atoms with Crippen LogP contribution in [0.5, 0.6) is 5.75 Å². The smallest absolute Gasteiger partial charge is 0.257 e. The molecule has 0 saturated carbocycles. The third-order valence-electron chi connectivity index (χ3n) is 3.04. The van der Waals surface area contributed by atoms with Gasteiger partial charge in [0.05, 0.1) is 5.39 Å². The van der Waals surface area contributed by atoms with E-state index in [0.29, 0.717) is 10.8 Å². The average molecular weight is 311 g/mol. The molecule has 2 heterocycles. The highest BCUT2D eigenvalue weighted by molar-refractivity contribution is 7.18. The number of phenolic OH excluding ortho intramolecular Hbond substituents is 1. The van der Waals surface area contributed by atoms with Gasteiger partial charge >= 0.3 is 0 Å². The lowest BCUT2D eigenvalue weighted by Gasteiger charge is -2.05. The zero-order chi connectivity index (χ0) is 13.6. The second kappa shape index (κ2) is 5.44. The number of phenols is 1. The molecular weight excluding hydrogens is 296 g/mol. The Bertz CT molecular complexity index is 823. The monoisotopic (exact) mass is 310 g/mol. The number of nitrogens with one attached hydrogen (secondary N) is 1. The molecular formula is C14H15ClN2O2S. The molecule has 1 aromatic carbocycles. The number of nitrogens with zero attached hydrogens (tertiary/aromatic N) is 1. The summed E-state index contributed by atoms with van der Waals surface area (Å²) in [5.74, 6) is 0.155. The summed E-state index contributed by atoms with van der Waals surface area (Å²) in [4.78, 5) is 18.9. The summed E-state index contributed by atoms with van der Waals surface area (Å²) in [6.07, 6.45) is 0. The van der Waals surface area contributed by atoms with Gasteiger partial charge in [-0.05, 0) is 32.3 Å². The van der Waals surface area contributed by atoms with E-state index in [0.717, 1.165) is 21.6 Å². The van der Waals surface area contributed by atoms with E-state index < -0.39 is 0 Å². The van der Waals surface area contributed by atoms with Crippen molar-refractivity contribution in [1.82, 2.24) is 9.88 Å². The van der Waals surface area contributed by atoms with Crippen molar-refractivity contribution in [3.8, 4) is 5.75 Å². The van der Waals surface area contributed by atoms with Crippen molar-refractivity contribution in [2.75, 3.05) is 14.1 Å². The molecule has 20 heavy (non-hydrogen) atoms. The van der Waals surface area contributed by atoms with E-state index in [4.69, 9.17) is 0 Å². The molecule has 0 aliphatic carbocycles. The van der Waals surface area contributed by atoms with Crippen LogP contribution in [-0.4, -0.2) is 29.1 Å². The van der Waals surface area contributed by atoms with Crippen LogP contribution in [0.2, 0.25) is 0 Å². The second-order valence-electron chi connectivity index (χ2n) is 4.85. The Morgan fingerprint density at radius 1 is 1.30 bits per heavy atom. The number of aromatic amines is 1. The number of halogens is 1. The quantitative estimate of drug-likeness (QED) is 0.765. The second-order valence-corrected chi connectivity index (χ2v) is 5.98. The minimum absolute atomic E-state index is 0. The number of thiophene rings is 1. The Kier molecular flexibility index (Phi) is 4.04. The SMILES string of the molecule is CN(C)Cc1cc2c([nH]c(=O)c3cccc(O)c32)s1.Cl. The summed E-state index contributed by atoms with van der Waals surface area (Å²) in [6, 6.07) is 7.07. The maximum atomic E-state index is 12.0. The van der Waals surface area contributed by atoms with Gasteiger partial charge in [-0.3, -0.25) is 4.79 Å². The van der Waals surface area contributed by atoms with Crippen LogP contribution in [0.4, 0.5) is 0 Å². The summed E-state index contributed by atoms with van der Waals surface area (Å²) >= 11 is 1.55. The Labute approximate surface area is 126 Å². The van der Waals surface area contributed by atoms with Gasteiger partial charge in [-0.25, -0.2) is 0 Å². The van der Waals surface area contributed by atoms with Crippen molar-refractivity contribution in [2.45, 2.75) is 6.54 Å². The predicted molar refractivity (Wildman–Crippen MR) is 86.3 cm³/mol. The van der Waals surface area contributed by atoms with Gasteiger partial charge in [0.1, 0.15) is 10.6 Å². The maximum Gasteiger partial charge on any atom is 0.257 e. The normalized spacial score (nSPS) is 11.2. The lowest BCUT2D eigenvalue weighted by molar-refractivity contribution is 0.406. The van der Waals surface area contributed by atoms with Crippen LogP contribution in [0.3, 0.4) is 0 Å². The molecule has 3 rings (SSSR count). The van der Waals surface area contributed by atoms with Gasteiger partial charge < -0.3 is 15.0 Å². The first-order chi connectivity index (χ1) is 9.06. The molecule has 0 atom stereocenters. The van der Waals surface area contributed by atoms with Crippen molar-refractivity contribution in [1.29, 1.82) is 0 Å². The molecule has 2 N–H and O–H groups in total. The highest BCUT2D eigenvalue weighted by Gasteiger charge is 2.12. The van der Waals surface area contributed by atoms with E-state index in [1.165, 1.54) is 0 Å². The van der Waals surface area contributed by atoms with E-state index >= 15 is 0 Å². The maximum absolute atomic E-state index is 12.0. The van der Waals surface area contributed by atoms with Crippen molar-refractivity contribution in [2.24, 2.45) is 0 Å². The predicted octanol–water partition coefficient (Wildman–Crippen LogP) is 2.93. The third-order valence-corrected chi connectivity index (χ3v) is 4.07. The Morgan fingerprint density at radius 2 is 2.05 bits per heavy atom. The van der Waals surface area contributed by atoms with Gasteiger partial charge in [0.15, 0.2) is 0 Å².